The second-order valence-electron chi connectivity index (χ2n) is 6.42. The van der Waals surface area contributed by atoms with Crippen LogP contribution in [0.2, 0.25) is 5.02 Å². The number of nitrogens with one attached hydrogen (secondary N) is 1. The first-order valence-electron chi connectivity index (χ1n) is 8.81. The molecule has 3 rings (SSSR count). The normalized spacial score (nSPS) is 14.9. The molecule has 1 N–H and O–H groups in total. The van der Waals surface area contributed by atoms with Crippen molar-refractivity contribution >= 4 is 41.1 Å². The molecule has 1 atom stereocenters. The lowest BCUT2D eigenvalue weighted by Gasteiger charge is -2.32. The Bertz CT molecular complexity index is 992. The van der Waals surface area contributed by atoms with E-state index in [-0.39, 0.29) is 23.0 Å². The van der Waals surface area contributed by atoms with Gasteiger partial charge in [0.1, 0.15) is 5.82 Å². The van der Waals surface area contributed by atoms with Crippen molar-refractivity contribution in [2.45, 2.75) is 19.4 Å². The number of hydrogen-bond donors (Lipinski definition) is 1. The molecule has 0 radical (unpaired) electrons. The maximum absolute atomic E-state index is 13.1. The Morgan fingerprint density at radius 1 is 1.21 bits per heavy atom. The average molecular weight is 417 g/mol. The van der Waals surface area contributed by atoms with E-state index >= 15 is 0 Å². The first kappa shape index (κ1) is 20.5. The van der Waals surface area contributed by atoms with Gasteiger partial charge in [-0.1, -0.05) is 35.9 Å². The summed E-state index contributed by atoms with van der Waals surface area (Å²) in [6.45, 7) is 0.882. The van der Waals surface area contributed by atoms with Crippen LogP contribution in [0.1, 0.15) is 30.5 Å². The van der Waals surface area contributed by atoms with Gasteiger partial charge in [-0.05, 0) is 35.4 Å². The number of esters is 1. The zero-order valence-electron chi connectivity index (χ0n) is 15.5. The van der Waals surface area contributed by atoms with Gasteiger partial charge >= 0.3 is 5.97 Å². The lowest BCUT2D eigenvalue weighted by molar-refractivity contribution is -0.149. The number of nitrogens with zero attached hydrogens (tertiary/aromatic N) is 1. The van der Waals surface area contributed by atoms with Gasteiger partial charge in [-0.3, -0.25) is 14.4 Å². The summed E-state index contributed by atoms with van der Waals surface area (Å²) in [5, 5.41) is 2.48. The zero-order chi connectivity index (χ0) is 21.0. The first-order chi connectivity index (χ1) is 13.8. The van der Waals surface area contributed by atoms with Crippen LogP contribution in [-0.2, 0) is 19.1 Å². The Balaban J connectivity index is 1.61. The van der Waals surface area contributed by atoms with Crippen LogP contribution in [-0.4, -0.2) is 29.3 Å². The lowest BCUT2D eigenvalue weighted by Crippen LogP contribution is -2.33. The summed E-state index contributed by atoms with van der Waals surface area (Å²) in [7, 11) is 0. The van der Waals surface area contributed by atoms with E-state index in [0.29, 0.717) is 0 Å². The molecule has 2 amide bonds. The number of fused-ring (bicyclic) bond motifs is 1. The van der Waals surface area contributed by atoms with Gasteiger partial charge in [0, 0.05) is 13.1 Å². The largest absolute Gasteiger partial charge is 0.455 e. The minimum absolute atomic E-state index is 0.0346. The molecule has 0 spiro atoms. The van der Waals surface area contributed by atoms with Crippen molar-refractivity contribution in [1.82, 2.24) is 4.90 Å². The van der Waals surface area contributed by atoms with Gasteiger partial charge in [-0.25, -0.2) is 4.39 Å². The van der Waals surface area contributed by atoms with E-state index in [9.17, 15) is 18.8 Å². The quantitative estimate of drug-likeness (QED) is 0.749. The molecular formula is C21H18ClFN2O4. The molecule has 2 aromatic carbocycles. The van der Waals surface area contributed by atoms with Crippen molar-refractivity contribution < 1.29 is 23.5 Å². The van der Waals surface area contributed by atoms with Crippen molar-refractivity contribution in [3.8, 4) is 0 Å². The highest BCUT2D eigenvalue weighted by Crippen LogP contribution is 2.33. The van der Waals surface area contributed by atoms with Crippen LogP contribution in [0, 0.1) is 5.82 Å². The third kappa shape index (κ3) is 5.00. The van der Waals surface area contributed by atoms with Crippen molar-refractivity contribution in [2.24, 2.45) is 0 Å². The molecule has 0 bridgehead atoms. The van der Waals surface area contributed by atoms with E-state index < -0.39 is 30.3 Å². The zero-order valence-corrected chi connectivity index (χ0v) is 16.3. The highest BCUT2D eigenvalue weighted by Gasteiger charge is 2.29. The lowest BCUT2D eigenvalue weighted by atomic mass is 9.94. The van der Waals surface area contributed by atoms with Gasteiger partial charge in [0.15, 0.2) is 6.61 Å². The van der Waals surface area contributed by atoms with Gasteiger partial charge in [0.05, 0.1) is 23.2 Å². The Morgan fingerprint density at radius 3 is 2.69 bits per heavy atom. The summed E-state index contributed by atoms with van der Waals surface area (Å²) in [6, 6.07) is 10.4. The highest BCUT2D eigenvalue weighted by atomic mass is 35.5. The standard InChI is InChI=1S/C21H18ClFN2O4/c1-13(26)25-9-8-14-4-2-3-5-16(14)19(25)11-21(28)29-12-20(27)24-18-7-6-15(23)10-17(18)22/h2-10,19H,11-12H2,1H3,(H,24,27)/t19-/m0/s1. The third-order valence-corrected chi connectivity index (χ3v) is 4.71. The fourth-order valence-electron chi connectivity index (χ4n) is 3.05. The predicted molar refractivity (Wildman–Crippen MR) is 106 cm³/mol. The molecule has 0 unspecified atom stereocenters. The number of amides is 2. The van der Waals surface area contributed by atoms with Crippen LogP contribution in [0.5, 0.6) is 0 Å². The molecule has 0 aromatic heterocycles. The average Bonchev–Trinajstić information content (AvgIpc) is 2.68. The SMILES string of the molecule is CC(=O)N1C=Cc2ccccc2[C@@H]1CC(=O)OCC(=O)Nc1ccc(F)cc1Cl. The summed E-state index contributed by atoms with van der Waals surface area (Å²) >= 11 is 5.85. The van der Waals surface area contributed by atoms with Crippen LogP contribution >= 0.6 is 11.6 Å². The van der Waals surface area contributed by atoms with Crippen LogP contribution in [0.4, 0.5) is 10.1 Å². The number of benzene rings is 2. The monoisotopic (exact) mass is 416 g/mol. The van der Waals surface area contributed by atoms with E-state index in [1.807, 2.05) is 24.3 Å². The maximum Gasteiger partial charge on any atom is 0.308 e. The molecule has 1 aliphatic heterocycles. The molecule has 6 nitrogen and oxygen atoms in total. The number of rotatable bonds is 5. The van der Waals surface area contributed by atoms with E-state index in [2.05, 4.69) is 5.32 Å². The highest BCUT2D eigenvalue weighted by molar-refractivity contribution is 6.33. The smallest absolute Gasteiger partial charge is 0.308 e. The molecule has 29 heavy (non-hydrogen) atoms. The number of ether oxygens (including phenoxy) is 1. The maximum atomic E-state index is 13.1. The van der Waals surface area contributed by atoms with Crippen LogP contribution in [0.3, 0.4) is 0 Å². The Morgan fingerprint density at radius 2 is 1.97 bits per heavy atom. The number of carbonyl (C=O) groups is 3. The molecule has 0 saturated heterocycles. The molecule has 0 saturated carbocycles. The fourth-order valence-corrected chi connectivity index (χ4v) is 3.27. The fraction of sp³-hybridized carbons (Fsp3) is 0.190. The summed E-state index contributed by atoms with van der Waals surface area (Å²) in [5.41, 5.74) is 1.94. The van der Waals surface area contributed by atoms with Gasteiger partial charge in [-0.2, -0.15) is 0 Å². The number of anilines is 1. The van der Waals surface area contributed by atoms with Crippen LogP contribution < -0.4 is 5.32 Å². The van der Waals surface area contributed by atoms with E-state index in [0.717, 1.165) is 23.3 Å². The van der Waals surface area contributed by atoms with E-state index in [1.54, 1.807) is 12.3 Å². The van der Waals surface area contributed by atoms with Gasteiger partial charge in [0.2, 0.25) is 5.91 Å². The minimum Gasteiger partial charge on any atom is -0.455 e. The third-order valence-electron chi connectivity index (χ3n) is 4.40. The second-order valence-corrected chi connectivity index (χ2v) is 6.83. The summed E-state index contributed by atoms with van der Waals surface area (Å²) in [6.07, 6.45) is 3.33. The van der Waals surface area contributed by atoms with E-state index in [4.69, 9.17) is 16.3 Å². The van der Waals surface area contributed by atoms with Crippen LogP contribution in [0.15, 0.2) is 48.7 Å². The van der Waals surface area contributed by atoms with Gasteiger partial charge in [0.25, 0.3) is 5.91 Å². The van der Waals surface area contributed by atoms with E-state index in [1.165, 1.54) is 17.9 Å². The van der Waals surface area contributed by atoms with Crippen molar-refractivity contribution in [2.75, 3.05) is 11.9 Å². The Hall–Kier alpha value is -3.19. The number of halogens is 2. The van der Waals surface area contributed by atoms with Crippen molar-refractivity contribution in [3.05, 3.63) is 70.6 Å². The molecule has 1 heterocycles. The predicted octanol–water partition coefficient (Wildman–Crippen LogP) is 3.93. The molecule has 0 fully saturated rings. The molecule has 150 valence electrons. The summed E-state index contributed by atoms with van der Waals surface area (Å²) in [4.78, 5) is 37.7. The molecule has 0 aliphatic carbocycles. The molecule has 8 heteroatoms. The van der Waals surface area contributed by atoms with Crippen molar-refractivity contribution in [3.63, 3.8) is 0 Å². The number of carbonyl (C=O) groups excluding carboxylic acids is 3. The van der Waals surface area contributed by atoms with Gasteiger partial charge in [-0.15, -0.1) is 0 Å². The Kier molecular flexibility index (Phi) is 6.29. The van der Waals surface area contributed by atoms with Crippen molar-refractivity contribution in [1.29, 1.82) is 0 Å². The number of hydrogen-bond acceptors (Lipinski definition) is 4. The first-order valence-corrected chi connectivity index (χ1v) is 9.19. The summed E-state index contributed by atoms with van der Waals surface area (Å²) < 4.78 is 18.1. The second kappa shape index (κ2) is 8.87. The Labute approximate surface area is 171 Å². The molecule has 1 aliphatic rings. The molecule has 2 aromatic rings. The summed E-state index contributed by atoms with van der Waals surface area (Å²) in [5.74, 6) is -1.99. The van der Waals surface area contributed by atoms with Crippen LogP contribution in [0.25, 0.3) is 6.08 Å². The molecular weight excluding hydrogens is 399 g/mol. The van der Waals surface area contributed by atoms with Gasteiger partial charge < -0.3 is 15.0 Å². The topological polar surface area (TPSA) is 75.7 Å². The minimum atomic E-state index is -0.633.